The van der Waals surface area contributed by atoms with Gasteiger partial charge >= 0.3 is 0 Å². The highest BCUT2D eigenvalue weighted by Gasteiger charge is 2.24. The van der Waals surface area contributed by atoms with Crippen molar-refractivity contribution in [3.05, 3.63) is 40.2 Å². The molecule has 0 saturated carbocycles. The predicted octanol–water partition coefficient (Wildman–Crippen LogP) is 3.03. The van der Waals surface area contributed by atoms with Crippen LogP contribution in [0, 0.1) is 5.82 Å². The molecule has 1 aromatic carbocycles. The summed E-state index contributed by atoms with van der Waals surface area (Å²) in [6, 6.07) is 4.90. The minimum atomic E-state index is -0.222. The third-order valence-corrected chi connectivity index (χ3v) is 4.52. The Hall–Kier alpha value is -1.46. The van der Waals surface area contributed by atoms with Gasteiger partial charge in [0.15, 0.2) is 5.13 Å². The zero-order chi connectivity index (χ0) is 13.4. The molecule has 0 fully saturated rings. The van der Waals surface area contributed by atoms with Crippen LogP contribution in [0.1, 0.15) is 23.1 Å². The Morgan fingerprint density at radius 2 is 2.32 bits per heavy atom. The molecule has 100 valence electrons. The molecule has 0 unspecified atom stereocenters. The molecule has 1 aromatic heterocycles. The molecule has 5 heteroatoms. The SMILES string of the molecule is CCc1nc(N2CCc3ccc(F)cc32)sc1CO. The molecule has 1 aliphatic heterocycles. The molecule has 0 spiro atoms. The van der Waals surface area contributed by atoms with Crippen LogP contribution in [0.3, 0.4) is 0 Å². The van der Waals surface area contributed by atoms with Crippen molar-refractivity contribution in [2.75, 3.05) is 11.4 Å². The molecule has 0 saturated heterocycles. The smallest absolute Gasteiger partial charge is 0.190 e. The number of hydrogen-bond acceptors (Lipinski definition) is 4. The number of aryl methyl sites for hydroxylation is 1. The lowest BCUT2D eigenvalue weighted by Crippen LogP contribution is -2.13. The summed E-state index contributed by atoms with van der Waals surface area (Å²) in [7, 11) is 0. The standard InChI is InChI=1S/C14H15FN2OS/c1-2-11-13(8-18)19-14(16-11)17-6-5-9-3-4-10(15)7-12(9)17/h3-4,7,18H,2,5-6,8H2,1H3. The molecule has 1 aliphatic rings. The van der Waals surface area contributed by atoms with Crippen LogP contribution in [-0.4, -0.2) is 16.6 Å². The summed E-state index contributed by atoms with van der Waals surface area (Å²) >= 11 is 1.49. The van der Waals surface area contributed by atoms with Crippen molar-refractivity contribution in [1.82, 2.24) is 4.98 Å². The van der Waals surface area contributed by atoms with Crippen molar-refractivity contribution < 1.29 is 9.50 Å². The molecule has 0 amide bonds. The van der Waals surface area contributed by atoms with Crippen LogP contribution < -0.4 is 4.90 Å². The molecule has 0 bridgehead atoms. The van der Waals surface area contributed by atoms with E-state index in [4.69, 9.17) is 0 Å². The van der Waals surface area contributed by atoms with Gasteiger partial charge in [-0.25, -0.2) is 9.37 Å². The van der Waals surface area contributed by atoms with Crippen LogP contribution in [-0.2, 0) is 19.4 Å². The lowest BCUT2D eigenvalue weighted by Gasteiger charge is -2.15. The second-order valence-corrected chi connectivity index (χ2v) is 5.61. The van der Waals surface area contributed by atoms with Crippen LogP contribution in [0.15, 0.2) is 18.2 Å². The third-order valence-electron chi connectivity index (χ3n) is 3.42. The van der Waals surface area contributed by atoms with Crippen LogP contribution in [0.25, 0.3) is 0 Å². The molecule has 3 nitrogen and oxygen atoms in total. The number of nitrogens with zero attached hydrogens (tertiary/aromatic N) is 2. The summed E-state index contributed by atoms with van der Waals surface area (Å²) in [5, 5.41) is 10.2. The van der Waals surface area contributed by atoms with Gasteiger partial charge in [-0.05, 0) is 30.5 Å². The van der Waals surface area contributed by atoms with Crippen molar-refractivity contribution in [3.63, 3.8) is 0 Å². The monoisotopic (exact) mass is 278 g/mol. The summed E-state index contributed by atoms with van der Waals surface area (Å²) in [4.78, 5) is 7.52. The maximum absolute atomic E-state index is 13.4. The third kappa shape index (κ3) is 2.13. The molecule has 2 aromatic rings. The topological polar surface area (TPSA) is 36.4 Å². The predicted molar refractivity (Wildman–Crippen MR) is 74.5 cm³/mol. The lowest BCUT2D eigenvalue weighted by molar-refractivity contribution is 0.284. The Kier molecular flexibility index (Phi) is 3.24. The number of aromatic nitrogens is 1. The van der Waals surface area contributed by atoms with Gasteiger partial charge in [-0.1, -0.05) is 24.3 Å². The van der Waals surface area contributed by atoms with Gasteiger partial charge in [-0.3, -0.25) is 0 Å². The second kappa shape index (κ2) is 4.90. The van der Waals surface area contributed by atoms with Crippen LogP contribution in [0.2, 0.25) is 0 Å². The number of halogens is 1. The van der Waals surface area contributed by atoms with E-state index in [2.05, 4.69) is 4.98 Å². The first-order chi connectivity index (χ1) is 9.22. The van der Waals surface area contributed by atoms with E-state index in [1.807, 2.05) is 17.9 Å². The minimum Gasteiger partial charge on any atom is -0.391 e. The number of anilines is 2. The van der Waals surface area contributed by atoms with Crippen molar-refractivity contribution in [2.45, 2.75) is 26.4 Å². The van der Waals surface area contributed by atoms with E-state index in [1.165, 1.54) is 17.4 Å². The van der Waals surface area contributed by atoms with Gasteiger partial charge in [0, 0.05) is 12.2 Å². The van der Waals surface area contributed by atoms with Gasteiger partial charge < -0.3 is 10.0 Å². The molecule has 0 aliphatic carbocycles. The van der Waals surface area contributed by atoms with Gasteiger partial charge in [-0.15, -0.1) is 0 Å². The van der Waals surface area contributed by atoms with E-state index >= 15 is 0 Å². The van der Waals surface area contributed by atoms with Gasteiger partial charge in [0.1, 0.15) is 5.82 Å². The van der Waals surface area contributed by atoms with Crippen LogP contribution in [0.4, 0.5) is 15.2 Å². The fraction of sp³-hybridized carbons (Fsp3) is 0.357. The molecule has 19 heavy (non-hydrogen) atoms. The molecule has 3 rings (SSSR count). The molecule has 0 atom stereocenters. The Labute approximate surface area is 115 Å². The molecule has 1 N–H and O–H groups in total. The Bertz CT molecular complexity index is 590. The van der Waals surface area contributed by atoms with Gasteiger partial charge in [0.05, 0.1) is 17.2 Å². The zero-order valence-electron chi connectivity index (χ0n) is 10.7. The summed E-state index contributed by atoms with van der Waals surface area (Å²) in [6.07, 6.45) is 1.71. The molecule has 2 heterocycles. The summed E-state index contributed by atoms with van der Waals surface area (Å²) in [6.45, 7) is 2.86. The van der Waals surface area contributed by atoms with Gasteiger partial charge in [-0.2, -0.15) is 0 Å². The Balaban J connectivity index is 2.01. The van der Waals surface area contributed by atoms with E-state index in [0.717, 1.165) is 46.3 Å². The first kappa shape index (κ1) is 12.6. The number of aliphatic hydroxyl groups excluding tert-OH is 1. The van der Waals surface area contributed by atoms with Crippen molar-refractivity contribution >= 4 is 22.2 Å². The molecular formula is C14H15FN2OS. The average molecular weight is 278 g/mol. The molecule has 0 radical (unpaired) electrons. The lowest BCUT2D eigenvalue weighted by atomic mass is 10.2. The van der Waals surface area contributed by atoms with E-state index in [-0.39, 0.29) is 12.4 Å². The fourth-order valence-corrected chi connectivity index (χ4v) is 3.48. The highest BCUT2D eigenvalue weighted by atomic mass is 32.1. The number of aliphatic hydroxyl groups is 1. The Morgan fingerprint density at radius 3 is 3.00 bits per heavy atom. The number of hydrogen-bond donors (Lipinski definition) is 1. The van der Waals surface area contributed by atoms with E-state index < -0.39 is 0 Å². The second-order valence-electron chi connectivity index (χ2n) is 4.55. The maximum Gasteiger partial charge on any atom is 0.190 e. The zero-order valence-corrected chi connectivity index (χ0v) is 11.5. The number of thiazole rings is 1. The summed E-state index contributed by atoms with van der Waals surface area (Å²) in [5.74, 6) is -0.222. The van der Waals surface area contributed by atoms with Gasteiger partial charge in [0.25, 0.3) is 0 Å². The molecular weight excluding hydrogens is 263 g/mol. The van der Waals surface area contributed by atoms with Crippen LogP contribution in [0.5, 0.6) is 0 Å². The summed E-state index contributed by atoms with van der Waals surface area (Å²) in [5.41, 5.74) is 2.99. The van der Waals surface area contributed by atoms with E-state index in [9.17, 15) is 9.50 Å². The quantitative estimate of drug-likeness (QED) is 0.937. The summed E-state index contributed by atoms with van der Waals surface area (Å²) < 4.78 is 13.4. The Morgan fingerprint density at radius 1 is 1.47 bits per heavy atom. The van der Waals surface area contributed by atoms with Crippen LogP contribution >= 0.6 is 11.3 Å². The van der Waals surface area contributed by atoms with E-state index in [1.54, 1.807) is 6.07 Å². The average Bonchev–Trinajstić information content (AvgIpc) is 3.00. The number of benzene rings is 1. The van der Waals surface area contributed by atoms with Crippen molar-refractivity contribution in [3.8, 4) is 0 Å². The number of fused-ring (bicyclic) bond motifs is 1. The highest BCUT2D eigenvalue weighted by molar-refractivity contribution is 7.15. The normalized spacial score (nSPS) is 13.9. The van der Waals surface area contributed by atoms with Gasteiger partial charge in [0.2, 0.25) is 0 Å². The number of rotatable bonds is 3. The fourth-order valence-electron chi connectivity index (χ4n) is 2.44. The highest BCUT2D eigenvalue weighted by Crippen LogP contribution is 2.38. The van der Waals surface area contributed by atoms with E-state index in [0.29, 0.717) is 0 Å². The first-order valence-electron chi connectivity index (χ1n) is 6.38. The maximum atomic E-state index is 13.4. The minimum absolute atomic E-state index is 0.0185. The first-order valence-corrected chi connectivity index (χ1v) is 7.20. The largest absolute Gasteiger partial charge is 0.391 e. The van der Waals surface area contributed by atoms with Crippen molar-refractivity contribution in [2.24, 2.45) is 0 Å². The van der Waals surface area contributed by atoms with Crippen molar-refractivity contribution in [1.29, 1.82) is 0 Å².